The van der Waals surface area contributed by atoms with Crippen molar-refractivity contribution < 1.29 is 9.59 Å². The first kappa shape index (κ1) is 14.6. The second-order valence-electron chi connectivity index (χ2n) is 5.89. The predicted molar refractivity (Wildman–Crippen MR) is 76.2 cm³/mol. The molecular formula is C14H22N4O2. The molecule has 1 N–H and O–H groups in total. The van der Waals surface area contributed by atoms with Gasteiger partial charge in [-0.15, -0.1) is 0 Å². The molecule has 110 valence electrons. The molecule has 2 rings (SSSR count). The normalized spacial score (nSPS) is 27.1. The Morgan fingerprint density at radius 3 is 2.55 bits per heavy atom. The van der Waals surface area contributed by atoms with Crippen molar-refractivity contribution >= 4 is 17.6 Å². The first-order chi connectivity index (χ1) is 9.30. The number of carbonyl (C=O) groups is 2. The standard InChI is InChI=1S/C14H22N4O2/c1-6-14(4)13(20)18(10-7-8-17(5)16-10)11(9(2)3)12(19)15-14/h7-9,11H,6H2,1-5H3,(H,15,19). The maximum Gasteiger partial charge on any atom is 0.254 e. The van der Waals surface area contributed by atoms with E-state index < -0.39 is 11.6 Å². The van der Waals surface area contributed by atoms with Crippen molar-refractivity contribution in [2.45, 2.75) is 45.7 Å². The third-order valence-electron chi connectivity index (χ3n) is 3.92. The highest BCUT2D eigenvalue weighted by atomic mass is 16.2. The third-order valence-corrected chi connectivity index (χ3v) is 3.92. The van der Waals surface area contributed by atoms with Crippen molar-refractivity contribution in [3.05, 3.63) is 12.3 Å². The van der Waals surface area contributed by atoms with Crippen LogP contribution in [-0.2, 0) is 16.6 Å². The zero-order valence-corrected chi connectivity index (χ0v) is 12.7. The van der Waals surface area contributed by atoms with Crippen LogP contribution in [0.1, 0.15) is 34.1 Å². The van der Waals surface area contributed by atoms with Crippen molar-refractivity contribution in [3.8, 4) is 0 Å². The van der Waals surface area contributed by atoms with Crippen molar-refractivity contribution in [2.75, 3.05) is 4.90 Å². The summed E-state index contributed by atoms with van der Waals surface area (Å²) in [5.74, 6) is 0.333. The number of rotatable bonds is 3. The van der Waals surface area contributed by atoms with E-state index in [-0.39, 0.29) is 17.7 Å². The van der Waals surface area contributed by atoms with Gasteiger partial charge in [-0.25, -0.2) is 0 Å². The van der Waals surface area contributed by atoms with Gasteiger partial charge in [0.25, 0.3) is 5.91 Å². The number of hydrogen-bond acceptors (Lipinski definition) is 3. The van der Waals surface area contributed by atoms with E-state index in [1.807, 2.05) is 20.8 Å². The molecule has 0 spiro atoms. The lowest BCUT2D eigenvalue weighted by molar-refractivity contribution is -0.138. The molecule has 0 aromatic carbocycles. The Balaban J connectivity index is 2.50. The van der Waals surface area contributed by atoms with Gasteiger partial charge in [-0.3, -0.25) is 19.2 Å². The minimum absolute atomic E-state index is 0.0161. The van der Waals surface area contributed by atoms with Gasteiger partial charge in [0.15, 0.2) is 5.82 Å². The molecule has 1 saturated heterocycles. The molecule has 0 bridgehead atoms. The molecule has 2 heterocycles. The lowest BCUT2D eigenvalue weighted by Crippen LogP contribution is -2.70. The van der Waals surface area contributed by atoms with Crippen molar-refractivity contribution in [1.82, 2.24) is 15.1 Å². The van der Waals surface area contributed by atoms with Gasteiger partial charge in [-0.1, -0.05) is 20.8 Å². The van der Waals surface area contributed by atoms with E-state index >= 15 is 0 Å². The fraction of sp³-hybridized carbons (Fsp3) is 0.643. The quantitative estimate of drug-likeness (QED) is 0.899. The fourth-order valence-corrected chi connectivity index (χ4v) is 2.53. The van der Waals surface area contributed by atoms with Gasteiger partial charge < -0.3 is 5.32 Å². The second kappa shape index (κ2) is 4.92. The number of aromatic nitrogens is 2. The Labute approximate surface area is 119 Å². The SMILES string of the molecule is CCC1(C)NC(=O)C(C(C)C)N(c2ccn(C)n2)C1=O. The summed E-state index contributed by atoms with van der Waals surface area (Å²) in [6, 6.07) is 1.25. The summed E-state index contributed by atoms with van der Waals surface area (Å²) in [5, 5.41) is 7.16. The monoisotopic (exact) mass is 278 g/mol. The lowest BCUT2D eigenvalue weighted by atomic mass is 9.88. The first-order valence-electron chi connectivity index (χ1n) is 6.95. The smallest absolute Gasteiger partial charge is 0.254 e. The Kier molecular flexibility index (Phi) is 3.58. The molecule has 0 saturated carbocycles. The summed E-state index contributed by atoms with van der Waals surface area (Å²) in [7, 11) is 1.79. The van der Waals surface area contributed by atoms with Crippen LogP contribution in [0.3, 0.4) is 0 Å². The molecular weight excluding hydrogens is 256 g/mol. The van der Waals surface area contributed by atoms with Crippen LogP contribution >= 0.6 is 0 Å². The van der Waals surface area contributed by atoms with Gasteiger partial charge >= 0.3 is 0 Å². The Hall–Kier alpha value is -1.85. The molecule has 1 aliphatic rings. The maximum absolute atomic E-state index is 12.8. The van der Waals surface area contributed by atoms with E-state index in [2.05, 4.69) is 10.4 Å². The number of hydrogen-bond donors (Lipinski definition) is 1. The van der Waals surface area contributed by atoms with Crippen LogP contribution in [0.5, 0.6) is 0 Å². The lowest BCUT2D eigenvalue weighted by Gasteiger charge is -2.44. The summed E-state index contributed by atoms with van der Waals surface area (Å²) in [6.07, 6.45) is 2.32. The summed E-state index contributed by atoms with van der Waals surface area (Å²) < 4.78 is 1.63. The second-order valence-corrected chi connectivity index (χ2v) is 5.89. The third kappa shape index (κ3) is 2.19. The van der Waals surface area contributed by atoms with Crippen LogP contribution in [0.25, 0.3) is 0 Å². The van der Waals surface area contributed by atoms with Crippen LogP contribution in [0.2, 0.25) is 0 Å². The zero-order valence-electron chi connectivity index (χ0n) is 12.7. The van der Waals surface area contributed by atoms with Gasteiger partial charge in [0.05, 0.1) is 0 Å². The average molecular weight is 278 g/mol. The molecule has 1 fully saturated rings. The Morgan fingerprint density at radius 1 is 1.45 bits per heavy atom. The number of piperazine rings is 1. The van der Waals surface area contributed by atoms with Crippen molar-refractivity contribution in [3.63, 3.8) is 0 Å². The highest BCUT2D eigenvalue weighted by Gasteiger charge is 2.49. The Morgan fingerprint density at radius 2 is 2.10 bits per heavy atom. The molecule has 20 heavy (non-hydrogen) atoms. The number of aryl methyl sites for hydroxylation is 1. The molecule has 0 radical (unpaired) electrons. The molecule has 6 nitrogen and oxygen atoms in total. The molecule has 1 aromatic heterocycles. The Bertz CT molecular complexity index is 537. The zero-order chi connectivity index (χ0) is 15.1. The maximum atomic E-state index is 12.8. The minimum atomic E-state index is -0.861. The highest BCUT2D eigenvalue weighted by molar-refractivity contribution is 6.10. The molecule has 0 aliphatic carbocycles. The molecule has 2 atom stereocenters. The van der Waals surface area contributed by atoms with Crippen LogP contribution in [0.4, 0.5) is 5.82 Å². The minimum Gasteiger partial charge on any atom is -0.340 e. The highest BCUT2D eigenvalue weighted by Crippen LogP contribution is 2.29. The summed E-state index contributed by atoms with van der Waals surface area (Å²) in [4.78, 5) is 26.8. The number of nitrogens with zero attached hydrogens (tertiary/aromatic N) is 3. The van der Waals surface area contributed by atoms with Gasteiger partial charge in [-0.2, -0.15) is 5.10 Å². The summed E-state index contributed by atoms with van der Waals surface area (Å²) in [6.45, 7) is 7.52. The van der Waals surface area contributed by atoms with Crippen LogP contribution in [0, 0.1) is 5.92 Å². The summed E-state index contributed by atoms with van der Waals surface area (Å²) >= 11 is 0. The van der Waals surface area contributed by atoms with E-state index in [4.69, 9.17) is 0 Å². The van der Waals surface area contributed by atoms with Crippen LogP contribution in [-0.4, -0.2) is 33.2 Å². The molecule has 6 heteroatoms. The number of anilines is 1. The van der Waals surface area contributed by atoms with Crippen LogP contribution in [0.15, 0.2) is 12.3 Å². The largest absolute Gasteiger partial charge is 0.340 e. The van der Waals surface area contributed by atoms with E-state index in [0.717, 1.165) is 0 Å². The van der Waals surface area contributed by atoms with Gasteiger partial charge in [0.1, 0.15) is 11.6 Å². The van der Waals surface area contributed by atoms with Crippen LogP contribution < -0.4 is 10.2 Å². The van der Waals surface area contributed by atoms with E-state index in [1.54, 1.807) is 35.8 Å². The van der Waals surface area contributed by atoms with Gasteiger partial charge in [-0.05, 0) is 19.3 Å². The van der Waals surface area contributed by atoms with E-state index in [0.29, 0.717) is 12.2 Å². The number of nitrogens with one attached hydrogen (secondary N) is 1. The van der Waals surface area contributed by atoms with E-state index in [1.165, 1.54) is 0 Å². The number of amides is 2. The topological polar surface area (TPSA) is 67.2 Å². The molecule has 1 aliphatic heterocycles. The van der Waals surface area contributed by atoms with Crippen molar-refractivity contribution in [1.29, 1.82) is 0 Å². The molecule has 2 amide bonds. The fourth-order valence-electron chi connectivity index (χ4n) is 2.53. The molecule has 1 aromatic rings. The number of carbonyl (C=O) groups excluding carboxylic acids is 2. The van der Waals surface area contributed by atoms with E-state index in [9.17, 15) is 9.59 Å². The summed E-state index contributed by atoms with van der Waals surface area (Å²) in [5.41, 5.74) is -0.861. The van der Waals surface area contributed by atoms with Crippen molar-refractivity contribution in [2.24, 2.45) is 13.0 Å². The van der Waals surface area contributed by atoms with Gasteiger partial charge in [0, 0.05) is 19.3 Å². The first-order valence-corrected chi connectivity index (χ1v) is 6.95. The van der Waals surface area contributed by atoms with Gasteiger partial charge in [0.2, 0.25) is 5.91 Å². The molecule has 2 unspecified atom stereocenters. The predicted octanol–water partition coefficient (Wildman–Crippen LogP) is 1.08. The average Bonchev–Trinajstić information content (AvgIpc) is 2.79.